The molecular weight excluding hydrogens is 488 g/mol. The Balaban J connectivity index is 3.06. The molecule has 7 N–H and O–H groups in total. The number of carboxylic acids is 2. The second-order valence-electron chi connectivity index (χ2n) is 8.70. The SMILES string of the molecule is CSCCC(N)C(=O)NC(C(=O)NC(Cc1ccccc1)C(=O)NC(CCC(=O)O)C(=O)O)C(C)C. The van der Waals surface area contributed by atoms with E-state index in [1.807, 2.05) is 6.26 Å². The second-order valence-corrected chi connectivity index (χ2v) is 9.69. The Labute approximate surface area is 215 Å². The summed E-state index contributed by atoms with van der Waals surface area (Å²) >= 11 is 1.54. The lowest BCUT2D eigenvalue weighted by Gasteiger charge is -2.27. The number of amides is 3. The van der Waals surface area contributed by atoms with Crippen molar-refractivity contribution >= 4 is 41.4 Å². The first-order valence-electron chi connectivity index (χ1n) is 11.6. The van der Waals surface area contributed by atoms with Crippen LogP contribution in [-0.4, -0.2) is 76.0 Å². The van der Waals surface area contributed by atoms with Crippen molar-refractivity contribution in [2.75, 3.05) is 12.0 Å². The molecule has 0 aliphatic rings. The van der Waals surface area contributed by atoms with Gasteiger partial charge in [-0.1, -0.05) is 44.2 Å². The molecule has 1 rings (SSSR count). The van der Waals surface area contributed by atoms with E-state index < -0.39 is 60.2 Å². The lowest BCUT2D eigenvalue weighted by Crippen LogP contribution is -2.59. The van der Waals surface area contributed by atoms with E-state index in [-0.39, 0.29) is 18.8 Å². The first-order valence-corrected chi connectivity index (χ1v) is 13.0. The van der Waals surface area contributed by atoms with Crippen molar-refractivity contribution in [1.82, 2.24) is 16.0 Å². The van der Waals surface area contributed by atoms with Crippen LogP contribution in [0.3, 0.4) is 0 Å². The minimum absolute atomic E-state index is 0.0513. The maximum Gasteiger partial charge on any atom is 0.326 e. The van der Waals surface area contributed by atoms with E-state index in [0.29, 0.717) is 17.7 Å². The van der Waals surface area contributed by atoms with Gasteiger partial charge in [-0.2, -0.15) is 11.8 Å². The van der Waals surface area contributed by atoms with Gasteiger partial charge in [0.1, 0.15) is 18.1 Å². The summed E-state index contributed by atoms with van der Waals surface area (Å²) in [6, 6.07) is 4.41. The van der Waals surface area contributed by atoms with Crippen LogP contribution < -0.4 is 21.7 Å². The number of aliphatic carboxylic acids is 2. The number of benzene rings is 1. The zero-order valence-electron chi connectivity index (χ0n) is 20.7. The van der Waals surface area contributed by atoms with Gasteiger partial charge in [-0.25, -0.2) is 4.79 Å². The van der Waals surface area contributed by atoms with E-state index in [1.54, 1.807) is 55.9 Å². The number of thioether (sulfide) groups is 1. The minimum Gasteiger partial charge on any atom is -0.481 e. The van der Waals surface area contributed by atoms with Crippen LogP contribution in [0.4, 0.5) is 0 Å². The fourth-order valence-corrected chi connectivity index (χ4v) is 3.78. The number of rotatable bonds is 16. The van der Waals surface area contributed by atoms with Crippen LogP contribution in [0, 0.1) is 5.92 Å². The van der Waals surface area contributed by atoms with E-state index in [1.165, 1.54) is 0 Å². The lowest BCUT2D eigenvalue weighted by molar-refractivity contribution is -0.143. The number of carbonyl (C=O) groups excluding carboxylic acids is 3. The maximum atomic E-state index is 13.2. The Hall–Kier alpha value is -3.12. The van der Waals surface area contributed by atoms with Gasteiger partial charge in [0, 0.05) is 12.8 Å². The van der Waals surface area contributed by atoms with Gasteiger partial charge in [0.25, 0.3) is 0 Å². The number of hydrogen-bond donors (Lipinski definition) is 6. The molecule has 4 unspecified atom stereocenters. The Morgan fingerprint density at radius 1 is 0.889 bits per heavy atom. The Morgan fingerprint density at radius 3 is 2.03 bits per heavy atom. The summed E-state index contributed by atoms with van der Waals surface area (Å²) < 4.78 is 0. The van der Waals surface area contributed by atoms with Gasteiger partial charge in [-0.3, -0.25) is 19.2 Å². The third kappa shape index (κ3) is 11.1. The van der Waals surface area contributed by atoms with Crippen molar-refractivity contribution in [2.24, 2.45) is 11.7 Å². The average Bonchev–Trinajstić information content (AvgIpc) is 2.82. The second kappa shape index (κ2) is 15.8. The highest BCUT2D eigenvalue weighted by Crippen LogP contribution is 2.09. The highest BCUT2D eigenvalue weighted by atomic mass is 32.2. The fourth-order valence-electron chi connectivity index (χ4n) is 3.29. The summed E-state index contributed by atoms with van der Waals surface area (Å²) in [7, 11) is 0. The zero-order chi connectivity index (χ0) is 27.3. The molecule has 0 bridgehead atoms. The molecule has 36 heavy (non-hydrogen) atoms. The molecule has 1 aromatic rings. The highest BCUT2D eigenvalue weighted by Gasteiger charge is 2.32. The van der Waals surface area contributed by atoms with Crippen LogP contribution in [0.25, 0.3) is 0 Å². The molecule has 11 nitrogen and oxygen atoms in total. The molecule has 0 aliphatic carbocycles. The molecule has 0 radical (unpaired) electrons. The van der Waals surface area contributed by atoms with Crippen molar-refractivity contribution < 1.29 is 34.2 Å². The van der Waals surface area contributed by atoms with Crippen molar-refractivity contribution in [3.05, 3.63) is 35.9 Å². The minimum atomic E-state index is -1.45. The van der Waals surface area contributed by atoms with Crippen molar-refractivity contribution in [2.45, 2.75) is 63.7 Å². The van der Waals surface area contributed by atoms with Crippen LogP contribution in [0.15, 0.2) is 30.3 Å². The third-order valence-electron chi connectivity index (χ3n) is 5.39. The van der Waals surface area contributed by atoms with E-state index in [2.05, 4.69) is 16.0 Å². The molecular formula is C24H36N4O7S. The van der Waals surface area contributed by atoms with Crippen LogP contribution >= 0.6 is 11.8 Å². The van der Waals surface area contributed by atoms with E-state index in [4.69, 9.17) is 10.8 Å². The quantitative estimate of drug-likeness (QED) is 0.177. The van der Waals surface area contributed by atoms with Crippen molar-refractivity contribution in [1.29, 1.82) is 0 Å². The Kier molecular flexibility index (Phi) is 13.6. The molecule has 0 saturated carbocycles. The number of nitrogens with one attached hydrogen (secondary N) is 3. The van der Waals surface area contributed by atoms with Gasteiger partial charge in [-0.15, -0.1) is 0 Å². The summed E-state index contributed by atoms with van der Waals surface area (Å²) in [6.45, 7) is 3.47. The molecule has 0 saturated heterocycles. The monoisotopic (exact) mass is 524 g/mol. The topological polar surface area (TPSA) is 188 Å². The van der Waals surface area contributed by atoms with Crippen LogP contribution in [-0.2, 0) is 30.4 Å². The van der Waals surface area contributed by atoms with Gasteiger partial charge < -0.3 is 31.9 Å². The summed E-state index contributed by atoms with van der Waals surface area (Å²) in [5.41, 5.74) is 6.63. The molecule has 4 atom stereocenters. The predicted octanol–water partition coefficient (Wildman–Crippen LogP) is 0.369. The van der Waals surface area contributed by atoms with Crippen molar-refractivity contribution in [3.63, 3.8) is 0 Å². The van der Waals surface area contributed by atoms with E-state index in [9.17, 15) is 29.1 Å². The average molecular weight is 525 g/mol. The van der Waals surface area contributed by atoms with Crippen LogP contribution in [0.5, 0.6) is 0 Å². The van der Waals surface area contributed by atoms with Gasteiger partial charge in [0.05, 0.1) is 6.04 Å². The number of carboxylic acid groups (broad SMARTS) is 2. The molecule has 200 valence electrons. The van der Waals surface area contributed by atoms with Gasteiger partial charge in [0.15, 0.2) is 0 Å². The number of nitrogens with two attached hydrogens (primary N) is 1. The summed E-state index contributed by atoms with van der Waals surface area (Å²) in [4.78, 5) is 61.1. The molecule has 12 heteroatoms. The van der Waals surface area contributed by atoms with E-state index >= 15 is 0 Å². The summed E-state index contributed by atoms with van der Waals surface area (Å²) in [5, 5.41) is 25.9. The first kappa shape index (κ1) is 30.9. The smallest absolute Gasteiger partial charge is 0.326 e. The summed E-state index contributed by atoms with van der Waals surface area (Å²) in [5.74, 6) is -4.12. The van der Waals surface area contributed by atoms with Gasteiger partial charge >= 0.3 is 11.9 Å². The molecule has 0 aliphatic heterocycles. The largest absolute Gasteiger partial charge is 0.481 e. The summed E-state index contributed by atoms with van der Waals surface area (Å²) in [6.07, 6.45) is 1.61. The Bertz CT molecular complexity index is 898. The van der Waals surface area contributed by atoms with E-state index in [0.717, 1.165) is 0 Å². The zero-order valence-corrected chi connectivity index (χ0v) is 21.5. The Morgan fingerprint density at radius 2 is 1.50 bits per heavy atom. The fraction of sp³-hybridized carbons (Fsp3) is 0.542. The highest BCUT2D eigenvalue weighted by molar-refractivity contribution is 7.98. The van der Waals surface area contributed by atoms with Crippen LogP contribution in [0.1, 0.15) is 38.7 Å². The van der Waals surface area contributed by atoms with Crippen LogP contribution in [0.2, 0.25) is 0 Å². The van der Waals surface area contributed by atoms with Crippen molar-refractivity contribution in [3.8, 4) is 0 Å². The molecule has 3 amide bonds. The molecule has 0 fully saturated rings. The maximum absolute atomic E-state index is 13.2. The predicted molar refractivity (Wildman–Crippen MR) is 136 cm³/mol. The molecule has 1 aromatic carbocycles. The third-order valence-corrected chi connectivity index (χ3v) is 6.04. The standard InChI is InChI=1S/C24H36N4O7S/c1-14(2)20(28-21(31)16(25)11-12-36-3)23(33)27-18(13-15-7-5-4-6-8-15)22(32)26-17(24(34)35)9-10-19(29)30/h4-8,14,16-18,20H,9-13,25H2,1-3H3,(H,26,32)(H,27,33)(H,28,31)(H,29,30)(H,34,35). The van der Waals surface area contributed by atoms with Gasteiger partial charge in [0.2, 0.25) is 17.7 Å². The normalized spacial score (nSPS) is 14.2. The van der Waals surface area contributed by atoms with Gasteiger partial charge in [-0.05, 0) is 36.3 Å². The first-order chi connectivity index (χ1) is 17.0. The molecule has 0 spiro atoms. The molecule has 0 heterocycles. The number of hydrogen-bond acceptors (Lipinski definition) is 7. The number of carbonyl (C=O) groups is 5. The molecule has 0 aromatic heterocycles. The lowest BCUT2D eigenvalue weighted by atomic mass is 10.00.